The zero-order valence-corrected chi connectivity index (χ0v) is 12.6. The van der Waals surface area contributed by atoms with Gasteiger partial charge in [0.05, 0.1) is 0 Å². The molecule has 0 aromatic heterocycles. The molecular weight excluding hydrogens is 226 g/mol. The molecular formula is C15H29NS. The Hall–Kier alpha value is 0.310. The van der Waals surface area contributed by atoms with Crippen LogP contribution in [0.15, 0.2) is 0 Å². The van der Waals surface area contributed by atoms with E-state index in [-0.39, 0.29) is 0 Å². The summed E-state index contributed by atoms with van der Waals surface area (Å²) in [4.78, 5) is 0. The van der Waals surface area contributed by atoms with Crippen molar-refractivity contribution < 1.29 is 0 Å². The van der Waals surface area contributed by atoms with Gasteiger partial charge in [-0.15, -0.1) is 0 Å². The standard InChI is InChI=1S/C15H29NS/c1-15(2,3)13-4-6-14(7-5-13)16-10-12-8-9-17-11-12/h12-14,16H,4-11H2,1-3H3. The van der Waals surface area contributed by atoms with Gasteiger partial charge in [-0.25, -0.2) is 0 Å². The van der Waals surface area contributed by atoms with Crippen molar-refractivity contribution in [3.63, 3.8) is 0 Å². The van der Waals surface area contributed by atoms with Gasteiger partial charge in [0.15, 0.2) is 0 Å². The summed E-state index contributed by atoms with van der Waals surface area (Å²) in [7, 11) is 0. The topological polar surface area (TPSA) is 12.0 Å². The highest BCUT2D eigenvalue weighted by Gasteiger charge is 2.29. The van der Waals surface area contributed by atoms with Gasteiger partial charge in [0.25, 0.3) is 0 Å². The molecule has 0 bridgehead atoms. The van der Waals surface area contributed by atoms with Crippen LogP contribution in [0, 0.1) is 17.3 Å². The molecule has 0 radical (unpaired) electrons. The largest absolute Gasteiger partial charge is 0.314 e. The fourth-order valence-corrected chi connectivity index (χ4v) is 4.53. The normalized spacial score (nSPS) is 35.1. The van der Waals surface area contributed by atoms with Crippen LogP contribution in [0.3, 0.4) is 0 Å². The molecule has 0 amide bonds. The minimum absolute atomic E-state index is 0.521. The van der Waals surface area contributed by atoms with E-state index in [1.165, 1.54) is 50.2 Å². The summed E-state index contributed by atoms with van der Waals surface area (Å²) >= 11 is 2.13. The van der Waals surface area contributed by atoms with Gasteiger partial charge in [0.1, 0.15) is 0 Å². The van der Waals surface area contributed by atoms with Crippen LogP contribution in [-0.2, 0) is 0 Å². The molecule has 0 aromatic rings. The van der Waals surface area contributed by atoms with E-state index >= 15 is 0 Å². The van der Waals surface area contributed by atoms with Crippen LogP contribution in [0.1, 0.15) is 52.9 Å². The highest BCUT2D eigenvalue weighted by Crippen LogP contribution is 2.37. The summed E-state index contributed by atoms with van der Waals surface area (Å²) in [6.45, 7) is 8.49. The van der Waals surface area contributed by atoms with Crippen molar-refractivity contribution in [3.8, 4) is 0 Å². The summed E-state index contributed by atoms with van der Waals surface area (Å²) in [6.07, 6.45) is 7.11. The van der Waals surface area contributed by atoms with E-state index in [2.05, 4.69) is 37.8 Å². The Kier molecular flexibility index (Phi) is 4.82. The molecule has 0 aromatic carbocycles. The molecule has 17 heavy (non-hydrogen) atoms. The maximum Gasteiger partial charge on any atom is 0.00673 e. The highest BCUT2D eigenvalue weighted by molar-refractivity contribution is 7.99. The second-order valence-electron chi connectivity index (χ2n) is 7.05. The van der Waals surface area contributed by atoms with Gasteiger partial charge in [-0.05, 0) is 67.4 Å². The molecule has 1 atom stereocenters. The fraction of sp³-hybridized carbons (Fsp3) is 1.00. The highest BCUT2D eigenvalue weighted by atomic mass is 32.2. The number of nitrogens with one attached hydrogen (secondary N) is 1. The summed E-state index contributed by atoms with van der Waals surface area (Å²) in [5.41, 5.74) is 0.521. The Morgan fingerprint density at radius 2 is 1.76 bits per heavy atom. The monoisotopic (exact) mass is 255 g/mol. The molecule has 100 valence electrons. The minimum Gasteiger partial charge on any atom is -0.314 e. The summed E-state index contributed by atoms with van der Waals surface area (Å²) < 4.78 is 0. The van der Waals surface area contributed by atoms with Gasteiger partial charge in [0, 0.05) is 6.04 Å². The lowest BCUT2D eigenvalue weighted by molar-refractivity contribution is 0.159. The lowest BCUT2D eigenvalue weighted by Gasteiger charge is -2.37. The third-order valence-electron chi connectivity index (χ3n) is 4.67. The zero-order chi connectivity index (χ0) is 12.3. The van der Waals surface area contributed by atoms with E-state index in [1.807, 2.05) is 0 Å². The summed E-state index contributed by atoms with van der Waals surface area (Å²) in [5, 5.41) is 3.82. The predicted octanol–water partition coefficient (Wildman–Crippen LogP) is 3.93. The van der Waals surface area contributed by atoms with Crippen molar-refractivity contribution in [2.75, 3.05) is 18.1 Å². The Bertz CT molecular complexity index is 220. The number of rotatable bonds is 3. The first kappa shape index (κ1) is 13.7. The minimum atomic E-state index is 0.521. The second kappa shape index (κ2) is 5.97. The van der Waals surface area contributed by atoms with Crippen molar-refractivity contribution >= 4 is 11.8 Å². The van der Waals surface area contributed by atoms with Gasteiger partial charge < -0.3 is 5.32 Å². The SMILES string of the molecule is CC(C)(C)C1CCC(NCC2CCSC2)CC1. The van der Waals surface area contributed by atoms with E-state index in [0.29, 0.717) is 5.41 Å². The third-order valence-corrected chi connectivity index (χ3v) is 5.90. The molecule has 1 N–H and O–H groups in total. The van der Waals surface area contributed by atoms with Crippen molar-refractivity contribution in [1.82, 2.24) is 5.32 Å². The van der Waals surface area contributed by atoms with E-state index < -0.39 is 0 Å². The van der Waals surface area contributed by atoms with Crippen molar-refractivity contribution in [2.45, 2.75) is 58.9 Å². The molecule has 1 aliphatic carbocycles. The smallest absolute Gasteiger partial charge is 0.00673 e. The Balaban J connectivity index is 1.65. The molecule has 1 unspecified atom stereocenters. The van der Waals surface area contributed by atoms with Crippen LogP contribution in [0.4, 0.5) is 0 Å². The summed E-state index contributed by atoms with van der Waals surface area (Å²) in [5.74, 6) is 4.69. The maximum atomic E-state index is 3.82. The fourth-order valence-electron chi connectivity index (χ4n) is 3.24. The van der Waals surface area contributed by atoms with Gasteiger partial charge in [-0.3, -0.25) is 0 Å². The summed E-state index contributed by atoms with van der Waals surface area (Å²) in [6, 6.07) is 0.819. The van der Waals surface area contributed by atoms with Crippen molar-refractivity contribution in [1.29, 1.82) is 0 Å². The molecule has 1 heterocycles. The lowest BCUT2D eigenvalue weighted by atomic mass is 9.71. The second-order valence-corrected chi connectivity index (χ2v) is 8.20. The number of hydrogen-bond acceptors (Lipinski definition) is 2. The maximum absolute atomic E-state index is 3.82. The zero-order valence-electron chi connectivity index (χ0n) is 11.8. The third kappa shape index (κ3) is 4.17. The average Bonchev–Trinajstić information content (AvgIpc) is 2.78. The molecule has 2 aliphatic rings. The van der Waals surface area contributed by atoms with Crippen LogP contribution >= 0.6 is 11.8 Å². The predicted molar refractivity (Wildman–Crippen MR) is 78.6 cm³/mol. The Morgan fingerprint density at radius 3 is 2.29 bits per heavy atom. The first-order valence-corrected chi connectivity index (χ1v) is 8.52. The molecule has 2 rings (SSSR count). The number of thioether (sulfide) groups is 1. The quantitative estimate of drug-likeness (QED) is 0.820. The lowest BCUT2D eigenvalue weighted by Crippen LogP contribution is -2.38. The van der Waals surface area contributed by atoms with Crippen LogP contribution in [0.25, 0.3) is 0 Å². The Morgan fingerprint density at radius 1 is 1.06 bits per heavy atom. The van der Waals surface area contributed by atoms with E-state index in [4.69, 9.17) is 0 Å². The van der Waals surface area contributed by atoms with Crippen LogP contribution in [-0.4, -0.2) is 24.1 Å². The van der Waals surface area contributed by atoms with E-state index in [1.54, 1.807) is 0 Å². The van der Waals surface area contributed by atoms with Crippen molar-refractivity contribution in [3.05, 3.63) is 0 Å². The molecule has 2 fully saturated rings. The molecule has 1 nitrogen and oxygen atoms in total. The first-order chi connectivity index (χ1) is 8.05. The molecule has 2 heteroatoms. The van der Waals surface area contributed by atoms with Gasteiger partial charge in [-0.1, -0.05) is 20.8 Å². The number of hydrogen-bond donors (Lipinski definition) is 1. The molecule has 1 saturated heterocycles. The first-order valence-electron chi connectivity index (χ1n) is 7.37. The van der Waals surface area contributed by atoms with Crippen molar-refractivity contribution in [2.24, 2.45) is 17.3 Å². The van der Waals surface area contributed by atoms with Crippen LogP contribution in [0.5, 0.6) is 0 Å². The van der Waals surface area contributed by atoms with E-state index in [9.17, 15) is 0 Å². The van der Waals surface area contributed by atoms with Gasteiger partial charge >= 0.3 is 0 Å². The average molecular weight is 255 g/mol. The van der Waals surface area contributed by atoms with Crippen LogP contribution < -0.4 is 5.32 Å². The van der Waals surface area contributed by atoms with Gasteiger partial charge in [-0.2, -0.15) is 11.8 Å². The molecule has 1 aliphatic heterocycles. The molecule has 1 saturated carbocycles. The molecule has 0 spiro atoms. The van der Waals surface area contributed by atoms with Crippen LogP contribution in [0.2, 0.25) is 0 Å². The Labute approximate surface area is 112 Å². The van der Waals surface area contributed by atoms with E-state index in [0.717, 1.165) is 17.9 Å². The van der Waals surface area contributed by atoms with Gasteiger partial charge in [0.2, 0.25) is 0 Å².